The number of carbonyl (C=O) groups is 1. The van der Waals surface area contributed by atoms with Crippen molar-refractivity contribution in [2.75, 3.05) is 20.1 Å². The zero-order chi connectivity index (χ0) is 14.4. The lowest BCUT2D eigenvalue weighted by molar-refractivity contribution is 0.0773. The van der Waals surface area contributed by atoms with Crippen molar-refractivity contribution in [3.05, 3.63) is 29.6 Å². The van der Waals surface area contributed by atoms with Gasteiger partial charge in [-0.3, -0.25) is 9.78 Å². The maximum atomic E-state index is 12.4. The minimum atomic E-state index is 0.0146. The van der Waals surface area contributed by atoms with E-state index in [9.17, 15) is 4.79 Å². The SMILES string of the molecule is CN(CC1CCCC1)C(=O)c1cncc(C#CCN)c1. The van der Waals surface area contributed by atoms with E-state index in [-0.39, 0.29) is 5.91 Å². The molecule has 2 rings (SSSR count). The van der Waals surface area contributed by atoms with Gasteiger partial charge in [-0.1, -0.05) is 24.7 Å². The maximum absolute atomic E-state index is 12.4. The number of nitrogens with two attached hydrogens (primary N) is 1. The molecule has 0 aromatic carbocycles. The molecule has 0 aliphatic heterocycles. The van der Waals surface area contributed by atoms with E-state index in [0.29, 0.717) is 18.0 Å². The topological polar surface area (TPSA) is 59.2 Å². The Balaban J connectivity index is 2.03. The summed E-state index contributed by atoms with van der Waals surface area (Å²) in [5, 5.41) is 0. The van der Waals surface area contributed by atoms with Crippen LogP contribution in [0.25, 0.3) is 0 Å². The Labute approximate surface area is 120 Å². The standard InChI is InChI=1S/C16H21N3O/c1-19(12-13-5-2-3-6-13)16(20)15-9-14(7-4-8-17)10-18-11-15/h9-11,13H,2-3,5-6,8,12,17H2,1H3. The first-order valence-corrected chi connectivity index (χ1v) is 7.10. The molecular formula is C16H21N3O. The van der Waals surface area contributed by atoms with Gasteiger partial charge in [0.1, 0.15) is 0 Å². The Morgan fingerprint density at radius 3 is 2.90 bits per heavy atom. The third-order valence-electron chi connectivity index (χ3n) is 3.67. The molecular weight excluding hydrogens is 250 g/mol. The minimum Gasteiger partial charge on any atom is -0.341 e. The molecule has 1 aromatic heterocycles. The number of carbonyl (C=O) groups excluding carboxylic acids is 1. The largest absolute Gasteiger partial charge is 0.341 e. The third kappa shape index (κ3) is 3.82. The molecule has 20 heavy (non-hydrogen) atoms. The molecule has 1 aromatic rings. The Bertz CT molecular complexity index is 524. The molecule has 0 atom stereocenters. The number of rotatable bonds is 3. The zero-order valence-corrected chi connectivity index (χ0v) is 11.9. The number of nitrogens with zero attached hydrogens (tertiary/aromatic N) is 2. The van der Waals surface area contributed by atoms with Gasteiger partial charge in [0, 0.05) is 31.5 Å². The van der Waals surface area contributed by atoms with Gasteiger partial charge >= 0.3 is 0 Å². The van der Waals surface area contributed by atoms with Gasteiger partial charge in [0.15, 0.2) is 0 Å². The smallest absolute Gasteiger partial charge is 0.255 e. The van der Waals surface area contributed by atoms with Crippen LogP contribution in [0.5, 0.6) is 0 Å². The number of aromatic nitrogens is 1. The summed E-state index contributed by atoms with van der Waals surface area (Å²) in [5.41, 5.74) is 6.67. The van der Waals surface area contributed by atoms with E-state index in [2.05, 4.69) is 16.8 Å². The van der Waals surface area contributed by atoms with Gasteiger partial charge in [-0.2, -0.15) is 0 Å². The summed E-state index contributed by atoms with van der Waals surface area (Å²) in [6.45, 7) is 1.14. The fourth-order valence-corrected chi connectivity index (χ4v) is 2.66. The first-order chi connectivity index (χ1) is 9.70. The summed E-state index contributed by atoms with van der Waals surface area (Å²) in [7, 11) is 1.86. The average molecular weight is 271 g/mol. The van der Waals surface area contributed by atoms with Gasteiger partial charge in [0.2, 0.25) is 0 Å². The number of pyridine rings is 1. The molecule has 2 N–H and O–H groups in total. The number of amides is 1. The van der Waals surface area contributed by atoms with Gasteiger partial charge in [-0.05, 0) is 24.8 Å². The summed E-state index contributed by atoms with van der Waals surface area (Å²) in [4.78, 5) is 18.3. The van der Waals surface area contributed by atoms with E-state index >= 15 is 0 Å². The normalized spacial score (nSPS) is 14.7. The predicted molar refractivity (Wildman–Crippen MR) is 79.1 cm³/mol. The monoisotopic (exact) mass is 271 g/mol. The summed E-state index contributed by atoms with van der Waals surface area (Å²) in [5.74, 6) is 6.34. The van der Waals surface area contributed by atoms with E-state index in [1.807, 2.05) is 7.05 Å². The second-order valence-electron chi connectivity index (χ2n) is 5.30. The van der Waals surface area contributed by atoms with Crippen molar-refractivity contribution in [3.8, 4) is 11.8 Å². The van der Waals surface area contributed by atoms with Gasteiger partial charge < -0.3 is 10.6 Å². The van der Waals surface area contributed by atoms with Crippen LogP contribution in [0.4, 0.5) is 0 Å². The predicted octanol–water partition coefficient (Wildman–Crippen LogP) is 1.65. The van der Waals surface area contributed by atoms with Gasteiger partial charge in [0.05, 0.1) is 12.1 Å². The first kappa shape index (κ1) is 14.5. The van der Waals surface area contributed by atoms with E-state index in [4.69, 9.17) is 5.73 Å². The van der Waals surface area contributed by atoms with Crippen molar-refractivity contribution in [1.82, 2.24) is 9.88 Å². The highest BCUT2D eigenvalue weighted by atomic mass is 16.2. The zero-order valence-electron chi connectivity index (χ0n) is 11.9. The van der Waals surface area contributed by atoms with Gasteiger partial charge in [-0.25, -0.2) is 0 Å². The summed E-state index contributed by atoms with van der Waals surface area (Å²) in [6.07, 6.45) is 8.30. The molecule has 1 saturated carbocycles. The summed E-state index contributed by atoms with van der Waals surface area (Å²) in [6, 6.07) is 1.78. The van der Waals surface area contributed by atoms with Crippen LogP contribution < -0.4 is 5.73 Å². The van der Waals surface area contributed by atoms with E-state index in [0.717, 1.165) is 12.1 Å². The highest BCUT2D eigenvalue weighted by Crippen LogP contribution is 2.25. The Morgan fingerprint density at radius 2 is 2.20 bits per heavy atom. The van der Waals surface area contributed by atoms with Gasteiger partial charge in [0.25, 0.3) is 5.91 Å². The molecule has 0 unspecified atom stereocenters. The molecule has 0 saturated heterocycles. The molecule has 0 spiro atoms. The molecule has 1 amide bonds. The van der Waals surface area contributed by atoms with Crippen LogP contribution in [0.1, 0.15) is 41.6 Å². The van der Waals surface area contributed by atoms with Crippen molar-refractivity contribution < 1.29 is 4.79 Å². The number of hydrogen-bond donors (Lipinski definition) is 1. The first-order valence-electron chi connectivity index (χ1n) is 7.10. The highest BCUT2D eigenvalue weighted by molar-refractivity contribution is 5.94. The molecule has 4 nitrogen and oxygen atoms in total. The van der Waals surface area contributed by atoms with Crippen LogP contribution in [-0.4, -0.2) is 35.9 Å². The second kappa shape index (κ2) is 7.06. The van der Waals surface area contributed by atoms with Crippen molar-refractivity contribution in [3.63, 3.8) is 0 Å². The summed E-state index contributed by atoms with van der Waals surface area (Å²) < 4.78 is 0. The molecule has 1 aliphatic rings. The Hall–Kier alpha value is -1.86. The van der Waals surface area contributed by atoms with Crippen LogP contribution in [0.15, 0.2) is 18.5 Å². The highest BCUT2D eigenvalue weighted by Gasteiger charge is 2.20. The van der Waals surface area contributed by atoms with Crippen molar-refractivity contribution in [2.24, 2.45) is 11.7 Å². The van der Waals surface area contributed by atoms with E-state index < -0.39 is 0 Å². The van der Waals surface area contributed by atoms with Crippen LogP contribution in [0.3, 0.4) is 0 Å². The average Bonchev–Trinajstić information content (AvgIpc) is 2.97. The van der Waals surface area contributed by atoms with Crippen molar-refractivity contribution in [1.29, 1.82) is 0 Å². The lowest BCUT2D eigenvalue weighted by atomic mass is 10.1. The fraction of sp³-hybridized carbons (Fsp3) is 0.500. The lowest BCUT2D eigenvalue weighted by Gasteiger charge is -2.21. The van der Waals surface area contributed by atoms with Crippen molar-refractivity contribution in [2.45, 2.75) is 25.7 Å². The number of hydrogen-bond acceptors (Lipinski definition) is 3. The molecule has 1 fully saturated rings. The maximum Gasteiger partial charge on any atom is 0.255 e. The summed E-state index contributed by atoms with van der Waals surface area (Å²) >= 11 is 0. The second-order valence-corrected chi connectivity index (χ2v) is 5.30. The van der Waals surface area contributed by atoms with Crippen LogP contribution >= 0.6 is 0 Å². The van der Waals surface area contributed by atoms with Crippen LogP contribution in [-0.2, 0) is 0 Å². The lowest BCUT2D eigenvalue weighted by Crippen LogP contribution is -2.31. The Morgan fingerprint density at radius 1 is 1.45 bits per heavy atom. The molecule has 106 valence electrons. The quantitative estimate of drug-likeness (QED) is 0.850. The molecule has 0 radical (unpaired) electrons. The Kier molecular flexibility index (Phi) is 5.14. The van der Waals surface area contributed by atoms with E-state index in [1.54, 1.807) is 23.4 Å². The molecule has 0 bridgehead atoms. The van der Waals surface area contributed by atoms with E-state index in [1.165, 1.54) is 25.7 Å². The van der Waals surface area contributed by atoms with Crippen LogP contribution in [0, 0.1) is 17.8 Å². The molecule has 4 heteroatoms. The van der Waals surface area contributed by atoms with Crippen molar-refractivity contribution >= 4 is 5.91 Å². The van der Waals surface area contributed by atoms with Gasteiger partial charge in [-0.15, -0.1) is 0 Å². The fourth-order valence-electron chi connectivity index (χ4n) is 2.66. The van der Waals surface area contributed by atoms with Crippen LogP contribution in [0.2, 0.25) is 0 Å². The molecule has 1 aliphatic carbocycles. The third-order valence-corrected chi connectivity index (χ3v) is 3.67. The minimum absolute atomic E-state index is 0.0146. The molecule has 1 heterocycles.